The van der Waals surface area contributed by atoms with Gasteiger partial charge < -0.3 is 4.74 Å². The van der Waals surface area contributed by atoms with Crippen LogP contribution in [0.15, 0.2) is 22.7 Å². The minimum atomic E-state index is -0.430. The van der Waals surface area contributed by atoms with Crippen LogP contribution in [0.2, 0.25) is 0 Å². The molecule has 0 N–H and O–H groups in total. The Morgan fingerprint density at radius 2 is 2.00 bits per heavy atom. The summed E-state index contributed by atoms with van der Waals surface area (Å²) in [5.74, 6) is 1.23. The van der Waals surface area contributed by atoms with Gasteiger partial charge in [0.15, 0.2) is 5.75 Å². The first-order chi connectivity index (χ1) is 8.65. The fourth-order valence-electron chi connectivity index (χ4n) is 1.50. The Morgan fingerprint density at radius 3 is 2.67 bits per heavy atom. The van der Waals surface area contributed by atoms with Gasteiger partial charge in [-0.15, -0.1) is 0 Å². The van der Waals surface area contributed by atoms with Crippen molar-refractivity contribution in [3.05, 3.63) is 32.8 Å². The Labute approximate surface area is 120 Å². The van der Waals surface area contributed by atoms with Gasteiger partial charge in [-0.2, -0.15) is 12.6 Å². The zero-order chi connectivity index (χ0) is 13.4. The van der Waals surface area contributed by atoms with Crippen LogP contribution in [0.5, 0.6) is 5.75 Å². The summed E-state index contributed by atoms with van der Waals surface area (Å²) < 4.78 is 6.13. The lowest BCUT2D eigenvalue weighted by Gasteiger charge is -2.06. The third-order valence-corrected chi connectivity index (χ3v) is 3.24. The van der Waals surface area contributed by atoms with Gasteiger partial charge >= 0.3 is 5.69 Å². The van der Waals surface area contributed by atoms with Gasteiger partial charge in [-0.05, 0) is 30.7 Å². The summed E-state index contributed by atoms with van der Waals surface area (Å²) in [4.78, 5) is 10.4. The number of hydrogen-bond donors (Lipinski definition) is 1. The van der Waals surface area contributed by atoms with Crippen LogP contribution in [-0.4, -0.2) is 17.3 Å². The Morgan fingerprint density at radius 1 is 1.28 bits per heavy atom. The summed E-state index contributed by atoms with van der Waals surface area (Å²) in [5.41, 5.74) is -0.000247. The highest BCUT2D eigenvalue weighted by atomic mass is 79.9. The van der Waals surface area contributed by atoms with E-state index in [0.717, 1.165) is 31.4 Å². The average molecular weight is 334 g/mol. The van der Waals surface area contributed by atoms with Gasteiger partial charge in [-0.1, -0.05) is 28.8 Å². The normalized spacial score (nSPS) is 10.3. The molecule has 6 heteroatoms. The number of thiol groups is 1. The van der Waals surface area contributed by atoms with Crippen LogP contribution in [0.1, 0.15) is 25.7 Å². The molecule has 0 aliphatic carbocycles. The largest absolute Gasteiger partial charge is 0.487 e. The predicted molar refractivity (Wildman–Crippen MR) is 78.6 cm³/mol. The van der Waals surface area contributed by atoms with Crippen molar-refractivity contribution in [2.45, 2.75) is 25.7 Å². The molecule has 0 atom stereocenters. The van der Waals surface area contributed by atoms with Crippen molar-refractivity contribution in [1.29, 1.82) is 0 Å². The third-order valence-electron chi connectivity index (χ3n) is 2.43. The van der Waals surface area contributed by atoms with Gasteiger partial charge in [-0.25, -0.2) is 0 Å². The first-order valence-electron chi connectivity index (χ1n) is 5.82. The molecule has 1 rings (SSSR count). The molecule has 0 spiro atoms. The highest BCUT2D eigenvalue weighted by molar-refractivity contribution is 9.10. The lowest BCUT2D eigenvalue weighted by atomic mass is 10.2. The number of benzene rings is 1. The molecule has 0 unspecified atom stereocenters. The van der Waals surface area contributed by atoms with Crippen LogP contribution < -0.4 is 4.74 Å². The van der Waals surface area contributed by atoms with Crippen LogP contribution >= 0.6 is 28.6 Å². The highest BCUT2D eigenvalue weighted by Gasteiger charge is 2.15. The van der Waals surface area contributed by atoms with E-state index in [1.807, 2.05) is 0 Å². The predicted octanol–water partition coefficient (Wildman–Crippen LogP) is 4.23. The summed E-state index contributed by atoms with van der Waals surface area (Å²) in [7, 11) is 0. The average Bonchev–Trinajstić information content (AvgIpc) is 2.35. The molecule has 0 amide bonds. The molecule has 0 saturated heterocycles. The Bertz CT molecular complexity index is 401. The number of hydrogen-bond acceptors (Lipinski definition) is 4. The molecule has 0 heterocycles. The van der Waals surface area contributed by atoms with Gasteiger partial charge in [0.25, 0.3) is 0 Å². The molecule has 18 heavy (non-hydrogen) atoms. The van der Waals surface area contributed by atoms with E-state index in [-0.39, 0.29) is 5.69 Å². The molecule has 0 aromatic heterocycles. The van der Waals surface area contributed by atoms with E-state index in [1.54, 1.807) is 12.1 Å². The Balaban J connectivity index is 2.44. The topological polar surface area (TPSA) is 52.4 Å². The fraction of sp³-hybridized carbons (Fsp3) is 0.500. The molecule has 0 radical (unpaired) electrons. The zero-order valence-corrected chi connectivity index (χ0v) is 12.5. The van der Waals surface area contributed by atoms with Crippen LogP contribution in [-0.2, 0) is 0 Å². The number of unbranched alkanes of at least 4 members (excludes halogenated alkanes) is 3. The van der Waals surface area contributed by atoms with Crippen molar-refractivity contribution in [2.24, 2.45) is 0 Å². The van der Waals surface area contributed by atoms with Gasteiger partial charge in [0.05, 0.1) is 11.5 Å². The summed E-state index contributed by atoms with van der Waals surface area (Å²) in [6.07, 6.45) is 4.18. The maximum absolute atomic E-state index is 10.8. The Kier molecular flexibility index (Phi) is 7.12. The van der Waals surface area contributed by atoms with Crippen LogP contribution in [0.3, 0.4) is 0 Å². The summed E-state index contributed by atoms with van der Waals surface area (Å²) in [6.45, 7) is 0.509. The third kappa shape index (κ3) is 5.27. The molecule has 0 aliphatic rings. The summed E-state index contributed by atoms with van der Waals surface area (Å²) in [5, 5.41) is 10.8. The SMILES string of the molecule is O=[N+]([O-])c1cc(Br)ccc1OCCCCCCS. The molecule has 0 saturated carbocycles. The number of nitro benzene ring substituents is 1. The molecule has 1 aromatic carbocycles. The molecule has 4 nitrogen and oxygen atoms in total. The molecule has 100 valence electrons. The number of nitro groups is 1. The standard InChI is InChI=1S/C12H16BrNO3S/c13-10-5-6-12(11(9-10)14(15)16)17-7-3-1-2-4-8-18/h5-6,9,18H,1-4,7-8H2. The van der Waals surface area contributed by atoms with Crippen molar-refractivity contribution in [3.8, 4) is 5.75 Å². The highest BCUT2D eigenvalue weighted by Crippen LogP contribution is 2.30. The smallest absolute Gasteiger partial charge is 0.312 e. The molecule has 1 aromatic rings. The maximum Gasteiger partial charge on any atom is 0.312 e. The molecule has 0 bridgehead atoms. The molecular formula is C12H16BrNO3S. The second-order valence-corrected chi connectivity index (χ2v) is 5.22. The van der Waals surface area contributed by atoms with E-state index in [4.69, 9.17) is 4.74 Å². The summed E-state index contributed by atoms with van der Waals surface area (Å²) in [6, 6.07) is 4.81. The van der Waals surface area contributed by atoms with Crippen molar-refractivity contribution in [2.75, 3.05) is 12.4 Å². The van der Waals surface area contributed by atoms with E-state index >= 15 is 0 Å². The van der Waals surface area contributed by atoms with E-state index in [0.29, 0.717) is 16.8 Å². The molecule has 0 fully saturated rings. The fourth-order valence-corrected chi connectivity index (χ4v) is 2.08. The van der Waals surface area contributed by atoms with E-state index in [1.165, 1.54) is 6.07 Å². The number of nitrogens with zero attached hydrogens (tertiary/aromatic N) is 1. The monoisotopic (exact) mass is 333 g/mol. The van der Waals surface area contributed by atoms with Gasteiger partial charge in [0.1, 0.15) is 0 Å². The first kappa shape index (κ1) is 15.3. The van der Waals surface area contributed by atoms with E-state index in [9.17, 15) is 10.1 Å². The van der Waals surface area contributed by atoms with Crippen molar-refractivity contribution in [1.82, 2.24) is 0 Å². The summed E-state index contributed by atoms with van der Waals surface area (Å²) >= 11 is 7.35. The zero-order valence-electron chi connectivity index (χ0n) is 9.97. The second kappa shape index (κ2) is 8.37. The lowest BCUT2D eigenvalue weighted by Crippen LogP contribution is -2.00. The van der Waals surface area contributed by atoms with E-state index in [2.05, 4.69) is 28.6 Å². The quantitative estimate of drug-likeness (QED) is 0.335. The number of halogens is 1. The second-order valence-electron chi connectivity index (χ2n) is 3.86. The van der Waals surface area contributed by atoms with Gasteiger partial charge in [0.2, 0.25) is 0 Å². The number of rotatable bonds is 8. The minimum Gasteiger partial charge on any atom is -0.487 e. The number of ether oxygens (including phenoxy) is 1. The minimum absolute atomic E-state index is 0.000247. The van der Waals surface area contributed by atoms with Crippen molar-refractivity contribution in [3.63, 3.8) is 0 Å². The van der Waals surface area contributed by atoms with Crippen LogP contribution in [0.25, 0.3) is 0 Å². The first-order valence-corrected chi connectivity index (χ1v) is 7.25. The van der Waals surface area contributed by atoms with Gasteiger partial charge in [-0.3, -0.25) is 10.1 Å². The molecular weight excluding hydrogens is 318 g/mol. The van der Waals surface area contributed by atoms with Crippen LogP contribution in [0.4, 0.5) is 5.69 Å². The lowest BCUT2D eigenvalue weighted by molar-refractivity contribution is -0.385. The van der Waals surface area contributed by atoms with Crippen molar-refractivity contribution < 1.29 is 9.66 Å². The van der Waals surface area contributed by atoms with Crippen LogP contribution in [0, 0.1) is 10.1 Å². The Hall–Kier alpha value is -0.750. The van der Waals surface area contributed by atoms with E-state index < -0.39 is 4.92 Å². The van der Waals surface area contributed by atoms with Crippen molar-refractivity contribution >= 4 is 34.2 Å². The van der Waals surface area contributed by atoms with Gasteiger partial charge in [0, 0.05) is 10.5 Å². The molecule has 0 aliphatic heterocycles. The maximum atomic E-state index is 10.8.